The average Bonchev–Trinajstić information content (AvgIpc) is 2.76. The Labute approximate surface area is 101 Å². The van der Waals surface area contributed by atoms with Gasteiger partial charge in [-0.05, 0) is 7.05 Å². The molecule has 0 fully saturated rings. The fourth-order valence-corrected chi connectivity index (χ4v) is 1.58. The van der Waals surface area contributed by atoms with Gasteiger partial charge < -0.3 is 14.6 Å². The molecule has 0 spiro atoms. The molecule has 0 atom stereocenters. The summed E-state index contributed by atoms with van der Waals surface area (Å²) in [6, 6.07) is 0. The lowest BCUT2D eigenvalue weighted by atomic mass is 9.92. The standard InChI is InChI=1S/C11H21N3O3/c1-4-9-12-13-10(17-9)5-14(3)6-11(2,7-15)8-16/h15-16H,4-8H2,1-3H3. The summed E-state index contributed by atoms with van der Waals surface area (Å²) in [4.78, 5) is 1.94. The Hall–Kier alpha value is -0.980. The molecule has 98 valence electrons. The van der Waals surface area contributed by atoms with E-state index >= 15 is 0 Å². The van der Waals surface area contributed by atoms with Gasteiger partial charge in [0, 0.05) is 18.4 Å². The van der Waals surface area contributed by atoms with Crippen LogP contribution in [0.3, 0.4) is 0 Å². The molecule has 0 bridgehead atoms. The van der Waals surface area contributed by atoms with Gasteiger partial charge in [-0.3, -0.25) is 4.90 Å². The highest BCUT2D eigenvalue weighted by Crippen LogP contribution is 2.16. The molecule has 2 N–H and O–H groups in total. The smallest absolute Gasteiger partial charge is 0.230 e. The van der Waals surface area contributed by atoms with Crippen LogP contribution in [0.25, 0.3) is 0 Å². The molecular formula is C11H21N3O3. The lowest BCUT2D eigenvalue weighted by Gasteiger charge is -2.29. The quantitative estimate of drug-likeness (QED) is 0.704. The molecule has 1 heterocycles. The first-order valence-electron chi connectivity index (χ1n) is 5.74. The number of rotatable bonds is 7. The molecule has 0 aliphatic heterocycles. The molecular weight excluding hydrogens is 222 g/mol. The Bertz CT molecular complexity index is 336. The highest BCUT2D eigenvalue weighted by Gasteiger charge is 2.25. The van der Waals surface area contributed by atoms with E-state index < -0.39 is 5.41 Å². The fourth-order valence-electron chi connectivity index (χ4n) is 1.58. The Balaban J connectivity index is 2.51. The van der Waals surface area contributed by atoms with Crippen molar-refractivity contribution < 1.29 is 14.6 Å². The maximum Gasteiger partial charge on any atom is 0.230 e. The van der Waals surface area contributed by atoms with E-state index in [2.05, 4.69) is 10.2 Å². The molecule has 1 rings (SSSR count). The number of hydrogen-bond donors (Lipinski definition) is 2. The van der Waals surface area contributed by atoms with Crippen LogP contribution in [0.2, 0.25) is 0 Å². The van der Waals surface area contributed by atoms with E-state index in [0.717, 1.165) is 6.42 Å². The van der Waals surface area contributed by atoms with E-state index in [1.807, 2.05) is 25.8 Å². The Morgan fingerprint density at radius 2 is 1.82 bits per heavy atom. The third-order valence-corrected chi connectivity index (χ3v) is 2.63. The van der Waals surface area contributed by atoms with E-state index in [9.17, 15) is 10.2 Å². The minimum atomic E-state index is -0.512. The summed E-state index contributed by atoms with van der Waals surface area (Å²) in [5, 5.41) is 26.2. The predicted molar refractivity (Wildman–Crippen MR) is 62.3 cm³/mol. The Kier molecular flexibility index (Phi) is 5.04. The molecule has 0 radical (unpaired) electrons. The SMILES string of the molecule is CCc1nnc(CN(C)CC(C)(CO)CO)o1. The van der Waals surface area contributed by atoms with Gasteiger partial charge in [-0.25, -0.2) is 0 Å². The summed E-state index contributed by atoms with van der Waals surface area (Å²) in [7, 11) is 1.89. The van der Waals surface area contributed by atoms with Gasteiger partial charge in [0.2, 0.25) is 11.8 Å². The van der Waals surface area contributed by atoms with Crippen LogP contribution in [-0.2, 0) is 13.0 Å². The summed E-state index contributed by atoms with van der Waals surface area (Å²) >= 11 is 0. The molecule has 0 saturated heterocycles. The maximum atomic E-state index is 9.20. The van der Waals surface area contributed by atoms with E-state index in [-0.39, 0.29) is 13.2 Å². The number of aromatic nitrogens is 2. The van der Waals surface area contributed by atoms with Crippen molar-refractivity contribution in [3.8, 4) is 0 Å². The zero-order chi connectivity index (χ0) is 12.9. The van der Waals surface area contributed by atoms with Gasteiger partial charge in [-0.15, -0.1) is 10.2 Å². The van der Waals surface area contributed by atoms with Crippen LogP contribution in [-0.4, -0.2) is 52.1 Å². The number of aliphatic hydroxyl groups is 2. The van der Waals surface area contributed by atoms with Gasteiger partial charge in [0.1, 0.15) is 0 Å². The number of nitrogens with zero attached hydrogens (tertiary/aromatic N) is 3. The zero-order valence-electron chi connectivity index (χ0n) is 10.7. The topological polar surface area (TPSA) is 82.6 Å². The first-order valence-corrected chi connectivity index (χ1v) is 5.74. The van der Waals surface area contributed by atoms with Crippen molar-refractivity contribution in [1.82, 2.24) is 15.1 Å². The third kappa shape index (κ3) is 4.07. The molecule has 0 amide bonds. The van der Waals surface area contributed by atoms with Crippen LogP contribution >= 0.6 is 0 Å². The summed E-state index contributed by atoms with van der Waals surface area (Å²) in [6.45, 7) is 4.74. The van der Waals surface area contributed by atoms with Crippen molar-refractivity contribution in [2.45, 2.75) is 26.8 Å². The maximum absolute atomic E-state index is 9.20. The fraction of sp³-hybridized carbons (Fsp3) is 0.818. The molecule has 0 aromatic carbocycles. The van der Waals surface area contributed by atoms with E-state index in [4.69, 9.17) is 4.42 Å². The number of aryl methyl sites for hydroxylation is 1. The molecule has 6 nitrogen and oxygen atoms in total. The highest BCUT2D eigenvalue weighted by molar-refractivity contribution is 4.83. The van der Waals surface area contributed by atoms with Gasteiger partial charge in [-0.1, -0.05) is 13.8 Å². The molecule has 1 aromatic heterocycles. The lowest BCUT2D eigenvalue weighted by molar-refractivity contribution is 0.0382. The molecule has 0 saturated carbocycles. The van der Waals surface area contributed by atoms with Crippen molar-refractivity contribution in [3.05, 3.63) is 11.8 Å². The van der Waals surface area contributed by atoms with Crippen molar-refractivity contribution in [3.63, 3.8) is 0 Å². The van der Waals surface area contributed by atoms with E-state index in [0.29, 0.717) is 24.9 Å². The second-order valence-electron chi connectivity index (χ2n) is 4.74. The minimum absolute atomic E-state index is 0.0577. The highest BCUT2D eigenvalue weighted by atomic mass is 16.4. The number of aliphatic hydroxyl groups excluding tert-OH is 2. The summed E-state index contributed by atoms with van der Waals surface area (Å²) < 4.78 is 5.40. The van der Waals surface area contributed by atoms with Crippen LogP contribution in [0.1, 0.15) is 25.6 Å². The summed E-state index contributed by atoms with van der Waals surface area (Å²) in [5.41, 5.74) is -0.512. The van der Waals surface area contributed by atoms with Crippen LogP contribution in [0.5, 0.6) is 0 Å². The van der Waals surface area contributed by atoms with Crippen LogP contribution in [0, 0.1) is 5.41 Å². The molecule has 0 unspecified atom stereocenters. The molecule has 0 aliphatic rings. The Morgan fingerprint density at radius 1 is 1.24 bits per heavy atom. The van der Waals surface area contributed by atoms with Gasteiger partial charge in [0.15, 0.2) is 0 Å². The van der Waals surface area contributed by atoms with Crippen LogP contribution < -0.4 is 0 Å². The molecule has 6 heteroatoms. The minimum Gasteiger partial charge on any atom is -0.424 e. The van der Waals surface area contributed by atoms with Crippen molar-refractivity contribution >= 4 is 0 Å². The third-order valence-electron chi connectivity index (χ3n) is 2.63. The normalized spacial score (nSPS) is 12.4. The van der Waals surface area contributed by atoms with Crippen molar-refractivity contribution in [2.24, 2.45) is 5.41 Å². The average molecular weight is 243 g/mol. The molecule has 17 heavy (non-hydrogen) atoms. The first-order chi connectivity index (χ1) is 8.03. The first kappa shape index (κ1) is 14.1. The van der Waals surface area contributed by atoms with Gasteiger partial charge in [0.25, 0.3) is 0 Å². The van der Waals surface area contributed by atoms with E-state index in [1.54, 1.807) is 0 Å². The monoisotopic (exact) mass is 243 g/mol. The number of hydrogen-bond acceptors (Lipinski definition) is 6. The second-order valence-corrected chi connectivity index (χ2v) is 4.74. The lowest BCUT2D eigenvalue weighted by Crippen LogP contribution is -2.38. The van der Waals surface area contributed by atoms with E-state index in [1.165, 1.54) is 0 Å². The molecule has 0 aliphatic carbocycles. The largest absolute Gasteiger partial charge is 0.424 e. The predicted octanol–water partition coefficient (Wildman–Crippen LogP) is 0.0547. The second kappa shape index (κ2) is 6.09. The van der Waals surface area contributed by atoms with Gasteiger partial charge in [0.05, 0.1) is 19.8 Å². The van der Waals surface area contributed by atoms with Gasteiger partial charge >= 0.3 is 0 Å². The zero-order valence-corrected chi connectivity index (χ0v) is 10.7. The van der Waals surface area contributed by atoms with Crippen molar-refractivity contribution in [2.75, 3.05) is 26.8 Å². The van der Waals surface area contributed by atoms with Crippen LogP contribution in [0.15, 0.2) is 4.42 Å². The Morgan fingerprint density at radius 3 is 2.29 bits per heavy atom. The summed E-state index contributed by atoms with van der Waals surface area (Å²) in [5.74, 6) is 1.18. The van der Waals surface area contributed by atoms with Gasteiger partial charge in [-0.2, -0.15) is 0 Å². The van der Waals surface area contributed by atoms with Crippen LogP contribution in [0.4, 0.5) is 0 Å². The summed E-state index contributed by atoms with van der Waals surface area (Å²) in [6.07, 6.45) is 0.724. The molecule has 1 aromatic rings. The van der Waals surface area contributed by atoms with Crippen molar-refractivity contribution in [1.29, 1.82) is 0 Å².